The zero-order valence-electron chi connectivity index (χ0n) is 12.3. The highest BCUT2D eigenvalue weighted by atomic mass is 35.5. The van der Waals surface area contributed by atoms with Crippen LogP contribution in [-0.2, 0) is 10.2 Å². The zero-order valence-corrected chi connectivity index (χ0v) is 13.1. The van der Waals surface area contributed by atoms with Gasteiger partial charge in [0.1, 0.15) is 0 Å². The number of rotatable bonds is 5. The van der Waals surface area contributed by atoms with Crippen molar-refractivity contribution in [3.05, 3.63) is 28.8 Å². The number of hydrogen-bond donors (Lipinski definition) is 1. The molecule has 1 aliphatic rings. The van der Waals surface area contributed by atoms with Gasteiger partial charge in [0, 0.05) is 35.1 Å². The van der Waals surface area contributed by atoms with Crippen LogP contribution in [0.25, 0.3) is 0 Å². The molecule has 110 valence electrons. The molecule has 1 aromatic carbocycles. The number of aliphatic carboxylic acids is 1. The van der Waals surface area contributed by atoms with Crippen LogP contribution in [0.1, 0.15) is 45.6 Å². The fourth-order valence-electron chi connectivity index (χ4n) is 2.97. The first-order valence-electron chi connectivity index (χ1n) is 7.12. The molecule has 1 atom stereocenters. The highest BCUT2D eigenvalue weighted by molar-refractivity contribution is 6.30. The van der Waals surface area contributed by atoms with Crippen molar-refractivity contribution in [1.29, 1.82) is 0 Å². The molecule has 0 radical (unpaired) electrons. The SMILES string of the molecule is CC1N(CCCCC(=O)O)c2ccc(Cl)cc2C1(C)C. The van der Waals surface area contributed by atoms with E-state index in [0.717, 1.165) is 24.4 Å². The second-order valence-electron chi connectivity index (χ2n) is 6.10. The number of nitrogens with zero attached hydrogens (tertiary/aromatic N) is 1. The Bertz CT molecular complexity index is 513. The smallest absolute Gasteiger partial charge is 0.303 e. The Labute approximate surface area is 125 Å². The third-order valence-electron chi connectivity index (χ3n) is 4.51. The van der Waals surface area contributed by atoms with Gasteiger partial charge in [-0.1, -0.05) is 25.4 Å². The molecule has 1 N–H and O–H groups in total. The van der Waals surface area contributed by atoms with Gasteiger partial charge >= 0.3 is 5.97 Å². The van der Waals surface area contributed by atoms with Crippen LogP contribution < -0.4 is 4.90 Å². The summed E-state index contributed by atoms with van der Waals surface area (Å²) in [6, 6.07) is 6.46. The molecule has 1 aromatic rings. The van der Waals surface area contributed by atoms with Gasteiger partial charge in [-0.15, -0.1) is 0 Å². The van der Waals surface area contributed by atoms with Crippen LogP contribution in [0.5, 0.6) is 0 Å². The minimum Gasteiger partial charge on any atom is -0.481 e. The van der Waals surface area contributed by atoms with Gasteiger partial charge in [-0.05, 0) is 43.5 Å². The molecule has 0 amide bonds. The molecular formula is C16H22ClNO2. The van der Waals surface area contributed by atoms with Crippen LogP contribution >= 0.6 is 11.6 Å². The number of carbonyl (C=O) groups is 1. The Morgan fingerprint density at radius 1 is 1.40 bits per heavy atom. The predicted molar refractivity (Wildman–Crippen MR) is 82.8 cm³/mol. The van der Waals surface area contributed by atoms with E-state index < -0.39 is 5.97 Å². The Morgan fingerprint density at radius 2 is 2.10 bits per heavy atom. The molecule has 0 aromatic heterocycles. The van der Waals surface area contributed by atoms with E-state index in [2.05, 4.69) is 37.8 Å². The lowest BCUT2D eigenvalue weighted by molar-refractivity contribution is -0.137. The lowest BCUT2D eigenvalue weighted by Gasteiger charge is -2.31. The van der Waals surface area contributed by atoms with Crippen molar-refractivity contribution in [3.63, 3.8) is 0 Å². The Kier molecular flexibility index (Phi) is 4.28. The first-order chi connectivity index (χ1) is 9.34. The van der Waals surface area contributed by atoms with Crippen molar-refractivity contribution in [1.82, 2.24) is 0 Å². The van der Waals surface area contributed by atoms with Gasteiger partial charge in [0.05, 0.1) is 0 Å². The predicted octanol–water partition coefficient (Wildman–Crippen LogP) is 4.08. The van der Waals surface area contributed by atoms with Crippen molar-refractivity contribution in [3.8, 4) is 0 Å². The summed E-state index contributed by atoms with van der Waals surface area (Å²) in [4.78, 5) is 13.0. The van der Waals surface area contributed by atoms with Gasteiger partial charge in [0.15, 0.2) is 0 Å². The Hall–Kier alpha value is -1.22. The first-order valence-corrected chi connectivity index (χ1v) is 7.50. The summed E-state index contributed by atoms with van der Waals surface area (Å²) in [6.07, 6.45) is 1.87. The molecule has 0 fully saturated rings. The molecule has 0 aliphatic carbocycles. The van der Waals surface area contributed by atoms with Crippen molar-refractivity contribution in [2.24, 2.45) is 0 Å². The van der Waals surface area contributed by atoms with Crippen LogP contribution in [0.2, 0.25) is 5.02 Å². The summed E-state index contributed by atoms with van der Waals surface area (Å²) in [5, 5.41) is 9.48. The average Bonchev–Trinajstić information content (AvgIpc) is 2.55. The van der Waals surface area contributed by atoms with E-state index in [9.17, 15) is 4.79 Å². The second-order valence-corrected chi connectivity index (χ2v) is 6.54. The lowest BCUT2D eigenvalue weighted by atomic mass is 9.81. The van der Waals surface area contributed by atoms with E-state index in [1.165, 1.54) is 11.3 Å². The molecule has 0 bridgehead atoms. The number of halogens is 1. The van der Waals surface area contributed by atoms with E-state index in [0.29, 0.717) is 6.04 Å². The summed E-state index contributed by atoms with van der Waals surface area (Å²) in [5.41, 5.74) is 2.59. The monoisotopic (exact) mass is 295 g/mol. The highest BCUT2D eigenvalue weighted by Gasteiger charge is 2.41. The minimum absolute atomic E-state index is 0.0625. The highest BCUT2D eigenvalue weighted by Crippen LogP contribution is 2.45. The molecule has 3 nitrogen and oxygen atoms in total. The lowest BCUT2D eigenvalue weighted by Crippen LogP contribution is -2.39. The molecular weight excluding hydrogens is 274 g/mol. The summed E-state index contributed by atoms with van der Waals surface area (Å²) in [7, 11) is 0. The minimum atomic E-state index is -0.716. The van der Waals surface area contributed by atoms with Crippen molar-refractivity contribution in [2.75, 3.05) is 11.4 Å². The normalized spacial score (nSPS) is 20.0. The fourth-order valence-corrected chi connectivity index (χ4v) is 3.14. The summed E-state index contributed by atoms with van der Waals surface area (Å²) in [6.45, 7) is 7.60. The van der Waals surface area contributed by atoms with Gasteiger partial charge in [0.2, 0.25) is 0 Å². The third-order valence-corrected chi connectivity index (χ3v) is 4.75. The summed E-state index contributed by atoms with van der Waals surface area (Å²) < 4.78 is 0. The molecule has 4 heteroatoms. The van der Waals surface area contributed by atoms with Gasteiger partial charge in [0.25, 0.3) is 0 Å². The number of anilines is 1. The quantitative estimate of drug-likeness (QED) is 0.832. The number of benzene rings is 1. The molecule has 1 unspecified atom stereocenters. The fraction of sp³-hybridized carbons (Fsp3) is 0.562. The zero-order chi connectivity index (χ0) is 14.9. The van der Waals surface area contributed by atoms with E-state index in [1.54, 1.807) is 0 Å². The average molecular weight is 296 g/mol. The molecule has 20 heavy (non-hydrogen) atoms. The largest absolute Gasteiger partial charge is 0.481 e. The number of carboxylic acid groups (broad SMARTS) is 1. The number of unbranched alkanes of at least 4 members (excludes halogenated alkanes) is 1. The first kappa shape index (κ1) is 15.2. The molecule has 0 saturated heterocycles. The van der Waals surface area contributed by atoms with E-state index >= 15 is 0 Å². The van der Waals surface area contributed by atoms with E-state index in [4.69, 9.17) is 16.7 Å². The number of hydrogen-bond acceptors (Lipinski definition) is 2. The van der Waals surface area contributed by atoms with Gasteiger partial charge in [-0.25, -0.2) is 0 Å². The van der Waals surface area contributed by atoms with Gasteiger partial charge in [-0.3, -0.25) is 4.79 Å². The van der Waals surface area contributed by atoms with Crippen LogP contribution in [0.4, 0.5) is 5.69 Å². The third kappa shape index (κ3) is 2.78. The van der Waals surface area contributed by atoms with E-state index in [1.807, 2.05) is 6.07 Å². The maximum atomic E-state index is 10.6. The molecule has 0 saturated carbocycles. The number of carboxylic acids is 1. The van der Waals surface area contributed by atoms with Crippen molar-refractivity contribution >= 4 is 23.3 Å². The maximum absolute atomic E-state index is 10.6. The molecule has 0 spiro atoms. The topological polar surface area (TPSA) is 40.5 Å². The summed E-state index contributed by atoms with van der Waals surface area (Å²) >= 11 is 6.12. The van der Waals surface area contributed by atoms with E-state index in [-0.39, 0.29) is 11.8 Å². The Balaban J connectivity index is 2.13. The summed E-state index contributed by atoms with van der Waals surface area (Å²) in [5.74, 6) is -0.716. The maximum Gasteiger partial charge on any atom is 0.303 e. The van der Waals surface area contributed by atoms with Crippen LogP contribution in [0, 0.1) is 0 Å². The van der Waals surface area contributed by atoms with Crippen LogP contribution in [0.3, 0.4) is 0 Å². The van der Waals surface area contributed by atoms with Crippen LogP contribution in [-0.4, -0.2) is 23.7 Å². The Morgan fingerprint density at radius 3 is 2.75 bits per heavy atom. The van der Waals surface area contributed by atoms with Crippen molar-refractivity contribution < 1.29 is 9.90 Å². The van der Waals surface area contributed by atoms with Gasteiger partial charge < -0.3 is 10.0 Å². The molecule has 1 heterocycles. The standard InChI is InChI=1S/C16H22ClNO2/c1-11-16(2,3)13-10-12(17)7-8-14(13)18(11)9-5-4-6-15(19)20/h7-8,10-11H,4-6,9H2,1-3H3,(H,19,20). The second kappa shape index (κ2) is 5.65. The van der Waals surface area contributed by atoms with Gasteiger partial charge in [-0.2, -0.15) is 0 Å². The molecule has 1 aliphatic heterocycles. The van der Waals surface area contributed by atoms with Crippen molar-refractivity contribution in [2.45, 2.75) is 51.5 Å². The molecule has 2 rings (SSSR count). The van der Waals surface area contributed by atoms with Crippen LogP contribution in [0.15, 0.2) is 18.2 Å². The number of fused-ring (bicyclic) bond motifs is 1.